The van der Waals surface area contributed by atoms with Crippen LogP contribution in [0.3, 0.4) is 0 Å². The van der Waals surface area contributed by atoms with Gasteiger partial charge in [-0.3, -0.25) is 9.35 Å². The van der Waals surface area contributed by atoms with Gasteiger partial charge in [-0.15, -0.1) is 0 Å². The molecule has 7 N–H and O–H groups in total. The number of carbonyl (C=O) groups is 1. The molecule has 2 fully saturated rings. The fourth-order valence-corrected chi connectivity index (χ4v) is 4.60. The maximum Gasteiger partial charge on any atom is 0.397 e. The van der Waals surface area contributed by atoms with E-state index in [-0.39, 0.29) is 6.61 Å². The van der Waals surface area contributed by atoms with Gasteiger partial charge in [-0.05, 0) is 5.56 Å². The molecule has 2 aliphatic rings. The lowest BCUT2D eigenvalue weighted by molar-refractivity contribution is -0.347. The standard InChI is InChI=1S/C21H31NO14S/c1-10(25)22-14-16(27)18(13(8-24)34-20(14)32-9-11-5-3-2-4-6-11)35-21-17(28)19(36-37(29,30)31)15(26)12(7-23)33-21/h2-6,12-21,23-24,26-28H,7-9H2,1H3,(H,22,25)(H,29,30,31)/t12-,13-,14-,15+,16-,17-,18-,19+,20-,21+/m1/s1. The van der Waals surface area contributed by atoms with Gasteiger partial charge < -0.3 is 49.8 Å². The number of carbonyl (C=O) groups excluding carboxylic acids is 1. The molecule has 0 aliphatic carbocycles. The Bertz CT molecular complexity index is 981. The summed E-state index contributed by atoms with van der Waals surface area (Å²) >= 11 is 0. The molecule has 0 unspecified atom stereocenters. The maximum absolute atomic E-state index is 11.8. The Morgan fingerprint density at radius 3 is 2.14 bits per heavy atom. The first-order valence-corrected chi connectivity index (χ1v) is 12.6. The first-order valence-electron chi connectivity index (χ1n) is 11.3. The van der Waals surface area contributed by atoms with Gasteiger partial charge in [0.2, 0.25) is 5.91 Å². The third kappa shape index (κ3) is 7.62. The molecule has 15 nitrogen and oxygen atoms in total. The fraction of sp³-hybridized carbons (Fsp3) is 0.667. The molecule has 0 bridgehead atoms. The monoisotopic (exact) mass is 553 g/mol. The predicted octanol–water partition coefficient (Wildman–Crippen LogP) is -3.20. The largest absolute Gasteiger partial charge is 0.397 e. The Labute approximate surface area is 212 Å². The maximum atomic E-state index is 11.8. The zero-order chi connectivity index (χ0) is 27.3. The van der Waals surface area contributed by atoms with Crippen molar-refractivity contribution in [2.24, 2.45) is 0 Å². The van der Waals surface area contributed by atoms with E-state index in [1.165, 1.54) is 6.92 Å². The normalized spacial score (nSPS) is 36.7. The quantitative estimate of drug-likeness (QED) is 0.142. The Kier molecular flexibility index (Phi) is 10.3. The van der Waals surface area contributed by atoms with Gasteiger partial charge in [-0.2, -0.15) is 8.42 Å². The van der Waals surface area contributed by atoms with Crippen LogP contribution in [-0.2, 0) is 44.9 Å². The average Bonchev–Trinajstić information content (AvgIpc) is 2.84. The molecule has 0 saturated carbocycles. The molecule has 0 spiro atoms. The molecular weight excluding hydrogens is 522 g/mol. The number of aliphatic hydroxyl groups is 5. The van der Waals surface area contributed by atoms with Crippen LogP contribution in [0.5, 0.6) is 0 Å². The minimum absolute atomic E-state index is 0.0349. The Hall–Kier alpha value is -1.80. The molecule has 10 atom stereocenters. The fourth-order valence-electron chi connectivity index (χ4n) is 4.09. The van der Waals surface area contributed by atoms with E-state index in [4.69, 9.17) is 23.5 Å². The van der Waals surface area contributed by atoms with Gasteiger partial charge in [-0.25, -0.2) is 4.18 Å². The lowest BCUT2D eigenvalue weighted by Crippen LogP contribution is -2.67. The summed E-state index contributed by atoms with van der Waals surface area (Å²) in [5.41, 5.74) is 0.762. The Morgan fingerprint density at radius 2 is 1.57 bits per heavy atom. The lowest BCUT2D eigenvalue weighted by Gasteiger charge is -2.47. The van der Waals surface area contributed by atoms with Crippen LogP contribution in [0.4, 0.5) is 0 Å². The van der Waals surface area contributed by atoms with Gasteiger partial charge in [0, 0.05) is 6.92 Å². The number of amides is 1. The van der Waals surface area contributed by atoms with Crippen molar-refractivity contribution >= 4 is 16.3 Å². The van der Waals surface area contributed by atoms with Crippen LogP contribution in [0.2, 0.25) is 0 Å². The van der Waals surface area contributed by atoms with E-state index in [1.807, 2.05) is 6.07 Å². The van der Waals surface area contributed by atoms with E-state index in [0.29, 0.717) is 0 Å². The lowest BCUT2D eigenvalue weighted by atomic mass is 9.95. The number of ether oxygens (including phenoxy) is 4. The van der Waals surface area contributed by atoms with E-state index in [0.717, 1.165) is 5.56 Å². The van der Waals surface area contributed by atoms with Crippen molar-refractivity contribution in [3.63, 3.8) is 0 Å². The Balaban J connectivity index is 1.81. The first-order chi connectivity index (χ1) is 17.4. The van der Waals surface area contributed by atoms with Crippen LogP contribution in [0.1, 0.15) is 12.5 Å². The summed E-state index contributed by atoms with van der Waals surface area (Å²) in [4.78, 5) is 11.8. The number of rotatable bonds is 10. The van der Waals surface area contributed by atoms with Crippen molar-refractivity contribution in [2.45, 2.75) is 74.9 Å². The number of hydrogen-bond donors (Lipinski definition) is 7. The summed E-state index contributed by atoms with van der Waals surface area (Å²) in [6, 6.07) is 7.71. The zero-order valence-corrected chi connectivity index (χ0v) is 20.5. The smallest absolute Gasteiger partial charge is 0.394 e. The second kappa shape index (κ2) is 12.8. The number of aliphatic hydroxyl groups excluding tert-OH is 5. The van der Waals surface area contributed by atoms with E-state index >= 15 is 0 Å². The molecule has 2 saturated heterocycles. The van der Waals surface area contributed by atoms with E-state index in [9.17, 15) is 38.7 Å². The molecule has 1 aromatic rings. The molecule has 1 aromatic carbocycles. The van der Waals surface area contributed by atoms with Crippen molar-refractivity contribution in [3.05, 3.63) is 35.9 Å². The molecule has 0 radical (unpaired) electrons. The molecule has 2 aliphatic heterocycles. The highest BCUT2D eigenvalue weighted by Crippen LogP contribution is 2.31. The van der Waals surface area contributed by atoms with Crippen LogP contribution in [0.25, 0.3) is 0 Å². The minimum Gasteiger partial charge on any atom is -0.394 e. The average molecular weight is 554 g/mol. The van der Waals surface area contributed by atoms with Crippen molar-refractivity contribution in [2.75, 3.05) is 13.2 Å². The molecule has 1 amide bonds. The number of benzene rings is 1. The minimum atomic E-state index is -5.15. The second-order valence-corrected chi connectivity index (χ2v) is 9.58. The van der Waals surface area contributed by atoms with Crippen molar-refractivity contribution in [1.29, 1.82) is 0 Å². The van der Waals surface area contributed by atoms with Crippen molar-refractivity contribution in [3.8, 4) is 0 Å². The molecular formula is C21H31NO14S. The summed E-state index contributed by atoms with van der Waals surface area (Å²) in [7, 11) is -5.15. The van der Waals surface area contributed by atoms with Crippen LogP contribution < -0.4 is 5.32 Å². The zero-order valence-electron chi connectivity index (χ0n) is 19.6. The van der Waals surface area contributed by atoms with Crippen molar-refractivity contribution in [1.82, 2.24) is 5.32 Å². The molecule has 3 rings (SSSR count). The number of nitrogens with one attached hydrogen (secondary N) is 1. The summed E-state index contributed by atoms with van der Waals surface area (Å²) in [5, 5.41) is 53.7. The highest BCUT2D eigenvalue weighted by Gasteiger charge is 2.52. The van der Waals surface area contributed by atoms with Gasteiger partial charge in [0.25, 0.3) is 0 Å². The molecule has 210 valence electrons. The third-order valence-electron chi connectivity index (χ3n) is 5.83. The second-order valence-electron chi connectivity index (χ2n) is 8.53. The first kappa shape index (κ1) is 29.8. The molecule has 16 heteroatoms. The summed E-state index contributed by atoms with van der Waals surface area (Å²) in [6.45, 7) is -0.365. The van der Waals surface area contributed by atoms with E-state index in [1.54, 1.807) is 24.3 Å². The highest BCUT2D eigenvalue weighted by molar-refractivity contribution is 7.80. The molecule has 37 heavy (non-hydrogen) atoms. The topological polar surface area (TPSA) is 231 Å². The van der Waals surface area contributed by atoms with Crippen LogP contribution in [0, 0.1) is 0 Å². The van der Waals surface area contributed by atoms with Gasteiger partial charge in [0.15, 0.2) is 12.6 Å². The summed E-state index contributed by atoms with van der Waals surface area (Å²) in [6.07, 6.45) is -15.0. The van der Waals surface area contributed by atoms with Crippen molar-refractivity contribution < 1.29 is 66.4 Å². The van der Waals surface area contributed by atoms with Gasteiger partial charge in [0.05, 0.1) is 19.8 Å². The van der Waals surface area contributed by atoms with Crippen LogP contribution in [0.15, 0.2) is 30.3 Å². The summed E-state index contributed by atoms with van der Waals surface area (Å²) in [5.74, 6) is -0.554. The SMILES string of the molecule is CC(=O)N[C@H]1[C@H](OCc2ccccc2)O[C@H](CO)[C@@H](O[C@@H]2O[C@H](CO)[C@H](O)[C@H](OS(=O)(=O)O)[C@H]2O)[C@@H]1O. The Morgan fingerprint density at radius 1 is 0.946 bits per heavy atom. The van der Waals surface area contributed by atoms with Crippen LogP contribution in [-0.4, -0.2) is 119 Å². The van der Waals surface area contributed by atoms with Crippen LogP contribution >= 0.6 is 0 Å². The van der Waals surface area contributed by atoms with E-state index < -0.39 is 90.9 Å². The van der Waals surface area contributed by atoms with Gasteiger partial charge >= 0.3 is 10.4 Å². The van der Waals surface area contributed by atoms with E-state index in [2.05, 4.69) is 9.50 Å². The predicted molar refractivity (Wildman–Crippen MR) is 120 cm³/mol. The molecule has 0 aromatic heterocycles. The highest BCUT2D eigenvalue weighted by atomic mass is 32.3. The third-order valence-corrected chi connectivity index (χ3v) is 6.29. The van der Waals surface area contributed by atoms with Gasteiger partial charge in [0.1, 0.15) is 48.8 Å². The van der Waals surface area contributed by atoms with Gasteiger partial charge in [-0.1, -0.05) is 30.3 Å². The number of hydrogen-bond acceptors (Lipinski definition) is 13. The molecule has 2 heterocycles. The summed E-state index contributed by atoms with van der Waals surface area (Å²) < 4.78 is 58.1.